The molecule has 2 heterocycles. The van der Waals surface area contributed by atoms with E-state index < -0.39 is 5.67 Å². The second-order valence-corrected chi connectivity index (χ2v) is 5.54. The van der Waals surface area contributed by atoms with Gasteiger partial charge < -0.3 is 10.4 Å². The summed E-state index contributed by atoms with van der Waals surface area (Å²) in [5.41, 5.74) is -0.195. The van der Waals surface area contributed by atoms with E-state index in [-0.39, 0.29) is 5.75 Å². The van der Waals surface area contributed by atoms with Crippen LogP contribution in [-0.4, -0.2) is 22.9 Å². The van der Waals surface area contributed by atoms with Crippen molar-refractivity contribution in [3.05, 3.63) is 29.8 Å². The van der Waals surface area contributed by atoms with E-state index in [1.807, 2.05) is 6.07 Å². The Morgan fingerprint density at radius 3 is 2.65 bits per heavy atom. The number of fused-ring (bicyclic) bond motifs is 2. The van der Waals surface area contributed by atoms with Gasteiger partial charge in [-0.1, -0.05) is 12.1 Å². The van der Waals surface area contributed by atoms with Crippen LogP contribution in [0.3, 0.4) is 0 Å². The first-order valence-electron chi connectivity index (χ1n) is 6.36. The van der Waals surface area contributed by atoms with Crippen LogP contribution in [0.25, 0.3) is 0 Å². The Morgan fingerprint density at radius 1 is 1.29 bits per heavy atom. The van der Waals surface area contributed by atoms with Gasteiger partial charge in [-0.2, -0.15) is 0 Å². The van der Waals surface area contributed by atoms with Crippen molar-refractivity contribution in [2.45, 2.75) is 49.9 Å². The highest BCUT2D eigenvalue weighted by atomic mass is 19.1. The monoisotopic (exact) mass is 235 g/mol. The summed E-state index contributed by atoms with van der Waals surface area (Å²) in [6.45, 7) is 0. The van der Waals surface area contributed by atoms with E-state index in [4.69, 9.17) is 0 Å². The standard InChI is InChI=1S/C14H18FNO/c15-14(7-10-2-1-3-13(17)6-10)8-11-4-5-12(9-14)16-11/h1-3,6,11-12,16-17H,4-5,7-9H2. The Morgan fingerprint density at radius 2 is 2.00 bits per heavy atom. The van der Waals surface area contributed by atoms with Crippen molar-refractivity contribution in [2.75, 3.05) is 0 Å². The third-order valence-electron chi connectivity index (χ3n) is 3.99. The van der Waals surface area contributed by atoms with E-state index in [2.05, 4.69) is 5.32 Å². The number of hydrogen-bond acceptors (Lipinski definition) is 2. The molecule has 3 rings (SSSR count). The van der Waals surface area contributed by atoms with Crippen LogP contribution in [0.15, 0.2) is 24.3 Å². The van der Waals surface area contributed by atoms with Crippen molar-refractivity contribution in [2.24, 2.45) is 0 Å². The summed E-state index contributed by atoms with van der Waals surface area (Å²) in [5, 5.41) is 12.9. The summed E-state index contributed by atoms with van der Waals surface area (Å²) in [6.07, 6.45) is 3.86. The van der Waals surface area contributed by atoms with Crippen molar-refractivity contribution in [3.63, 3.8) is 0 Å². The molecule has 0 aromatic heterocycles. The molecule has 2 saturated heterocycles. The zero-order chi connectivity index (χ0) is 11.9. The Kier molecular flexibility index (Phi) is 2.58. The van der Waals surface area contributed by atoms with Crippen molar-refractivity contribution < 1.29 is 9.50 Å². The molecule has 1 aromatic carbocycles. The predicted octanol–water partition coefficient (Wildman–Crippen LogP) is 2.56. The van der Waals surface area contributed by atoms with E-state index in [0.29, 0.717) is 31.3 Å². The lowest BCUT2D eigenvalue weighted by Crippen LogP contribution is -2.47. The molecular weight excluding hydrogens is 217 g/mol. The van der Waals surface area contributed by atoms with E-state index in [1.54, 1.807) is 18.2 Å². The lowest BCUT2D eigenvalue weighted by Gasteiger charge is -2.35. The van der Waals surface area contributed by atoms with Crippen LogP contribution >= 0.6 is 0 Å². The Bertz CT molecular complexity index is 408. The Balaban J connectivity index is 1.76. The van der Waals surface area contributed by atoms with E-state index in [0.717, 1.165) is 18.4 Å². The van der Waals surface area contributed by atoms with Gasteiger partial charge in [0.05, 0.1) is 0 Å². The lowest BCUT2D eigenvalue weighted by molar-refractivity contribution is 0.0893. The number of alkyl halides is 1. The summed E-state index contributed by atoms with van der Waals surface area (Å²) >= 11 is 0. The van der Waals surface area contributed by atoms with Crippen LogP contribution in [0.4, 0.5) is 4.39 Å². The molecule has 2 unspecified atom stereocenters. The molecule has 2 fully saturated rings. The molecule has 2 atom stereocenters. The summed E-state index contributed by atoms with van der Waals surface area (Å²) < 4.78 is 14.8. The average Bonchev–Trinajstić information content (AvgIpc) is 2.58. The highest BCUT2D eigenvalue weighted by Gasteiger charge is 2.43. The van der Waals surface area contributed by atoms with Crippen molar-refractivity contribution in [3.8, 4) is 5.75 Å². The fraction of sp³-hybridized carbons (Fsp3) is 0.571. The van der Waals surface area contributed by atoms with Crippen LogP contribution < -0.4 is 5.32 Å². The van der Waals surface area contributed by atoms with Gasteiger partial charge in [-0.3, -0.25) is 0 Å². The topological polar surface area (TPSA) is 32.3 Å². The molecule has 2 aliphatic rings. The summed E-state index contributed by atoms with van der Waals surface area (Å²) in [4.78, 5) is 0. The van der Waals surface area contributed by atoms with Crippen molar-refractivity contribution in [1.29, 1.82) is 0 Å². The molecule has 2 aliphatic heterocycles. The molecule has 17 heavy (non-hydrogen) atoms. The molecule has 2 N–H and O–H groups in total. The molecule has 3 heteroatoms. The Hall–Kier alpha value is -1.09. The Labute approximate surface area is 101 Å². The average molecular weight is 235 g/mol. The molecule has 2 nitrogen and oxygen atoms in total. The zero-order valence-corrected chi connectivity index (χ0v) is 9.82. The van der Waals surface area contributed by atoms with Gasteiger partial charge in [-0.25, -0.2) is 4.39 Å². The normalized spacial score (nSPS) is 36.1. The molecule has 0 saturated carbocycles. The SMILES string of the molecule is Oc1cccc(CC2(F)CC3CCC(C2)N3)c1. The smallest absolute Gasteiger partial charge is 0.118 e. The molecule has 0 spiro atoms. The summed E-state index contributed by atoms with van der Waals surface area (Å²) in [7, 11) is 0. The lowest BCUT2D eigenvalue weighted by atomic mass is 9.84. The summed E-state index contributed by atoms with van der Waals surface area (Å²) in [5.74, 6) is 0.225. The van der Waals surface area contributed by atoms with Gasteiger partial charge in [-0.05, 0) is 43.4 Å². The minimum Gasteiger partial charge on any atom is -0.508 e. The van der Waals surface area contributed by atoms with Gasteiger partial charge >= 0.3 is 0 Å². The van der Waals surface area contributed by atoms with E-state index >= 15 is 0 Å². The van der Waals surface area contributed by atoms with Gasteiger partial charge in [0.25, 0.3) is 0 Å². The number of aromatic hydroxyl groups is 1. The van der Waals surface area contributed by atoms with Crippen LogP contribution in [0.1, 0.15) is 31.2 Å². The maximum atomic E-state index is 14.8. The van der Waals surface area contributed by atoms with Crippen molar-refractivity contribution >= 4 is 0 Å². The first-order valence-corrected chi connectivity index (χ1v) is 6.36. The van der Waals surface area contributed by atoms with Crippen LogP contribution in [0.5, 0.6) is 5.75 Å². The number of piperidine rings is 1. The van der Waals surface area contributed by atoms with Crippen LogP contribution in [0.2, 0.25) is 0 Å². The van der Waals surface area contributed by atoms with Crippen LogP contribution in [-0.2, 0) is 6.42 Å². The zero-order valence-electron chi connectivity index (χ0n) is 9.82. The summed E-state index contributed by atoms with van der Waals surface area (Å²) in [6, 6.07) is 7.69. The third-order valence-corrected chi connectivity index (χ3v) is 3.99. The maximum Gasteiger partial charge on any atom is 0.118 e. The van der Waals surface area contributed by atoms with Crippen LogP contribution in [0, 0.1) is 0 Å². The molecule has 1 aromatic rings. The minimum atomic E-state index is -1.09. The maximum absolute atomic E-state index is 14.8. The van der Waals surface area contributed by atoms with E-state index in [1.165, 1.54) is 0 Å². The second-order valence-electron chi connectivity index (χ2n) is 5.54. The first-order chi connectivity index (χ1) is 8.13. The quantitative estimate of drug-likeness (QED) is 0.825. The predicted molar refractivity (Wildman–Crippen MR) is 64.8 cm³/mol. The molecule has 92 valence electrons. The van der Waals surface area contributed by atoms with Gasteiger partial charge in [-0.15, -0.1) is 0 Å². The van der Waals surface area contributed by atoms with Gasteiger partial charge in [0, 0.05) is 18.5 Å². The fourth-order valence-electron chi connectivity index (χ4n) is 3.37. The highest BCUT2D eigenvalue weighted by molar-refractivity contribution is 5.28. The molecule has 2 bridgehead atoms. The molecule has 0 aliphatic carbocycles. The van der Waals surface area contributed by atoms with Gasteiger partial charge in [0.1, 0.15) is 11.4 Å². The van der Waals surface area contributed by atoms with Gasteiger partial charge in [0.2, 0.25) is 0 Å². The number of phenolic OH excluding ortho intramolecular Hbond substituents is 1. The second kappa shape index (κ2) is 3.98. The molecular formula is C14H18FNO. The van der Waals surface area contributed by atoms with E-state index in [9.17, 15) is 9.50 Å². The highest BCUT2D eigenvalue weighted by Crippen LogP contribution is 2.39. The number of benzene rings is 1. The minimum absolute atomic E-state index is 0.225. The van der Waals surface area contributed by atoms with Crippen molar-refractivity contribution in [1.82, 2.24) is 5.32 Å². The molecule has 0 radical (unpaired) electrons. The third kappa shape index (κ3) is 2.29. The first kappa shape index (κ1) is 11.0. The number of halogens is 1. The number of hydrogen-bond donors (Lipinski definition) is 2. The number of nitrogens with one attached hydrogen (secondary N) is 1. The fourth-order valence-corrected chi connectivity index (χ4v) is 3.37. The largest absolute Gasteiger partial charge is 0.508 e. The number of phenols is 1. The number of rotatable bonds is 2. The van der Waals surface area contributed by atoms with Gasteiger partial charge in [0.15, 0.2) is 0 Å². The molecule has 0 amide bonds.